The van der Waals surface area contributed by atoms with Crippen molar-refractivity contribution in [3.05, 3.63) is 35.2 Å². The highest BCUT2D eigenvalue weighted by molar-refractivity contribution is 5.79. The van der Waals surface area contributed by atoms with Gasteiger partial charge >= 0.3 is 12.1 Å². The number of methoxy groups -OCH3 is 1. The Labute approximate surface area is 124 Å². The molecule has 0 aromatic rings. The van der Waals surface area contributed by atoms with Crippen LogP contribution in [0.5, 0.6) is 0 Å². The predicted octanol–water partition coefficient (Wildman–Crippen LogP) is 0.730. The van der Waals surface area contributed by atoms with E-state index in [9.17, 15) is 18.0 Å². The molecule has 118 valence electrons. The van der Waals surface area contributed by atoms with E-state index in [1.165, 1.54) is 25.2 Å². The molecule has 0 bridgehead atoms. The SMILES string of the molecule is COC(=O)C1C=C(C2=C(C#N)C=CC(C(F)(F)F)N2)N(C)N1. The Bertz CT molecular complexity index is 616. The van der Waals surface area contributed by atoms with Crippen molar-refractivity contribution in [2.45, 2.75) is 18.3 Å². The maximum absolute atomic E-state index is 12.8. The number of nitrogens with zero attached hydrogens (tertiary/aromatic N) is 2. The summed E-state index contributed by atoms with van der Waals surface area (Å²) in [5.41, 5.74) is 3.05. The normalized spacial score (nSPS) is 24.7. The lowest BCUT2D eigenvalue weighted by Gasteiger charge is -2.28. The number of dihydropyridines is 1. The Hall–Kier alpha value is -2.47. The number of nitriles is 1. The standard InChI is InChI=1S/C13H13F3N4O2/c1-20-9(5-8(19-20)12(21)22-2)11-7(6-17)3-4-10(18-11)13(14,15)16/h3-5,8,10,18-19H,1-2H3. The van der Waals surface area contributed by atoms with E-state index in [0.29, 0.717) is 0 Å². The summed E-state index contributed by atoms with van der Waals surface area (Å²) in [7, 11) is 2.73. The third kappa shape index (κ3) is 2.92. The quantitative estimate of drug-likeness (QED) is 0.732. The van der Waals surface area contributed by atoms with Gasteiger partial charge in [-0.2, -0.15) is 18.4 Å². The first-order valence-electron chi connectivity index (χ1n) is 6.23. The van der Waals surface area contributed by atoms with Gasteiger partial charge in [-0.3, -0.25) is 0 Å². The summed E-state index contributed by atoms with van der Waals surface area (Å²) in [5.74, 6) is -0.584. The zero-order chi connectivity index (χ0) is 16.5. The average molecular weight is 314 g/mol. The number of esters is 1. The highest BCUT2D eigenvalue weighted by atomic mass is 19.4. The molecule has 2 aliphatic heterocycles. The van der Waals surface area contributed by atoms with E-state index in [2.05, 4.69) is 15.5 Å². The molecule has 2 heterocycles. The van der Waals surface area contributed by atoms with Gasteiger partial charge in [0.25, 0.3) is 0 Å². The molecule has 0 aliphatic carbocycles. The van der Waals surface area contributed by atoms with Gasteiger partial charge in [0, 0.05) is 7.05 Å². The molecule has 2 atom stereocenters. The van der Waals surface area contributed by atoms with Gasteiger partial charge in [0.15, 0.2) is 0 Å². The number of likely N-dealkylation sites (N-methyl/N-ethyl adjacent to an activating group) is 1. The van der Waals surface area contributed by atoms with Gasteiger partial charge in [-0.1, -0.05) is 6.08 Å². The smallest absolute Gasteiger partial charge is 0.412 e. The van der Waals surface area contributed by atoms with E-state index in [1.807, 2.05) is 6.07 Å². The highest BCUT2D eigenvalue weighted by Gasteiger charge is 2.41. The lowest BCUT2D eigenvalue weighted by Crippen LogP contribution is -2.44. The lowest BCUT2D eigenvalue weighted by atomic mass is 10.0. The summed E-state index contributed by atoms with van der Waals surface area (Å²) in [6.45, 7) is 0. The van der Waals surface area contributed by atoms with Crippen molar-refractivity contribution in [2.24, 2.45) is 0 Å². The maximum Gasteiger partial charge on any atom is 0.412 e. The van der Waals surface area contributed by atoms with Crippen LogP contribution in [0.15, 0.2) is 35.2 Å². The molecule has 0 fully saturated rings. The van der Waals surface area contributed by atoms with Crippen LogP contribution in [0.3, 0.4) is 0 Å². The maximum atomic E-state index is 12.8. The molecule has 0 spiro atoms. The van der Waals surface area contributed by atoms with Crippen molar-refractivity contribution in [3.63, 3.8) is 0 Å². The van der Waals surface area contributed by atoms with E-state index in [4.69, 9.17) is 5.26 Å². The van der Waals surface area contributed by atoms with Crippen molar-refractivity contribution in [1.29, 1.82) is 5.26 Å². The first-order chi connectivity index (χ1) is 10.3. The van der Waals surface area contributed by atoms with E-state index in [-0.39, 0.29) is 17.0 Å². The molecule has 2 unspecified atom stereocenters. The van der Waals surface area contributed by atoms with Crippen LogP contribution in [0.25, 0.3) is 0 Å². The number of carbonyl (C=O) groups is 1. The minimum absolute atomic E-state index is 0.00808. The van der Waals surface area contributed by atoms with Crippen molar-refractivity contribution in [1.82, 2.24) is 15.8 Å². The number of allylic oxidation sites excluding steroid dienone is 2. The van der Waals surface area contributed by atoms with Crippen LogP contribution >= 0.6 is 0 Å². The second-order valence-corrected chi connectivity index (χ2v) is 4.66. The Morgan fingerprint density at radius 2 is 2.18 bits per heavy atom. The van der Waals surface area contributed by atoms with Gasteiger partial charge < -0.3 is 15.1 Å². The molecule has 0 saturated carbocycles. The van der Waals surface area contributed by atoms with Crippen LogP contribution in [-0.4, -0.2) is 43.4 Å². The summed E-state index contributed by atoms with van der Waals surface area (Å²) in [4.78, 5) is 11.5. The van der Waals surface area contributed by atoms with Crippen LogP contribution in [-0.2, 0) is 9.53 Å². The van der Waals surface area contributed by atoms with Gasteiger partial charge in [0.1, 0.15) is 18.2 Å². The molecule has 6 nitrogen and oxygen atoms in total. The van der Waals surface area contributed by atoms with Crippen molar-refractivity contribution < 1.29 is 22.7 Å². The first-order valence-corrected chi connectivity index (χ1v) is 6.23. The van der Waals surface area contributed by atoms with Gasteiger partial charge in [0.05, 0.1) is 24.1 Å². The molecule has 22 heavy (non-hydrogen) atoms. The van der Waals surface area contributed by atoms with Crippen LogP contribution in [0.2, 0.25) is 0 Å². The van der Waals surface area contributed by atoms with E-state index >= 15 is 0 Å². The van der Waals surface area contributed by atoms with E-state index in [0.717, 1.165) is 12.2 Å². The number of carbonyl (C=O) groups excluding carboxylic acids is 1. The largest absolute Gasteiger partial charge is 0.468 e. The van der Waals surface area contributed by atoms with Gasteiger partial charge in [-0.15, -0.1) is 0 Å². The molecule has 0 amide bonds. The number of hydrogen-bond acceptors (Lipinski definition) is 6. The summed E-state index contributed by atoms with van der Waals surface area (Å²) in [6.07, 6.45) is -1.10. The lowest BCUT2D eigenvalue weighted by molar-refractivity contribution is -0.143. The Kier molecular flexibility index (Phi) is 4.14. The molecule has 0 radical (unpaired) electrons. The molecule has 9 heteroatoms. The molecule has 0 aromatic heterocycles. The minimum atomic E-state index is -4.49. The number of halogens is 3. The minimum Gasteiger partial charge on any atom is -0.468 e. The Balaban J connectivity index is 2.36. The van der Waals surface area contributed by atoms with E-state index in [1.54, 1.807) is 0 Å². The number of rotatable bonds is 2. The van der Waals surface area contributed by atoms with Gasteiger partial charge in [-0.25, -0.2) is 10.2 Å². The van der Waals surface area contributed by atoms with Gasteiger partial charge in [-0.05, 0) is 12.2 Å². The molecular weight excluding hydrogens is 301 g/mol. The zero-order valence-corrected chi connectivity index (χ0v) is 11.7. The summed E-state index contributed by atoms with van der Waals surface area (Å²) >= 11 is 0. The molecule has 2 rings (SSSR count). The molecule has 2 aliphatic rings. The summed E-state index contributed by atoms with van der Waals surface area (Å²) in [5, 5.41) is 12.7. The Morgan fingerprint density at radius 3 is 2.73 bits per heavy atom. The first kappa shape index (κ1) is 15.9. The fraction of sp³-hybridized carbons (Fsp3) is 0.385. The number of hydrogen-bond donors (Lipinski definition) is 2. The third-order valence-corrected chi connectivity index (χ3v) is 3.23. The predicted molar refractivity (Wildman–Crippen MR) is 69.5 cm³/mol. The zero-order valence-electron chi connectivity index (χ0n) is 11.7. The van der Waals surface area contributed by atoms with Crippen LogP contribution in [0.4, 0.5) is 13.2 Å². The van der Waals surface area contributed by atoms with Crippen LogP contribution in [0.1, 0.15) is 0 Å². The fourth-order valence-electron chi connectivity index (χ4n) is 2.14. The second kappa shape index (κ2) is 5.73. The van der Waals surface area contributed by atoms with Crippen molar-refractivity contribution in [3.8, 4) is 6.07 Å². The fourth-order valence-corrected chi connectivity index (χ4v) is 2.14. The summed E-state index contributed by atoms with van der Waals surface area (Å²) < 4.78 is 43.1. The second-order valence-electron chi connectivity index (χ2n) is 4.66. The van der Waals surface area contributed by atoms with Crippen molar-refractivity contribution >= 4 is 5.97 Å². The topological polar surface area (TPSA) is 77.4 Å². The Morgan fingerprint density at radius 1 is 1.50 bits per heavy atom. The van der Waals surface area contributed by atoms with E-state index < -0.39 is 24.2 Å². The highest BCUT2D eigenvalue weighted by Crippen LogP contribution is 2.29. The molecular formula is C13H13F3N4O2. The number of ether oxygens (including phenoxy) is 1. The molecule has 0 aromatic carbocycles. The molecule has 2 N–H and O–H groups in total. The number of hydrazine groups is 1. The number of alkyl halides is 3. The third-order valence-electron chi connectivity index (χ3n) is 3.23. The number of nitrogens with one attached hydrogen (secondary N) is 2. The van der Waals surface area contributed by atoms with Crippen molar-refractivity contribution in [2.75, 3.05) is 14.2 Å². The average Bonchev–Trinajstić information content (AvgIpc) is 2.86. The van der Waals surface area contributed by atoms with Gasteiger partial charge in [0.2, 0.25) is 0 Å². The summed E-state index contributed by atoms with van der Waals surface area (Å²) in [6, 6.07) is -0.889. The van der Waals surface area contributed by atoms with Crippen LogP contribution < -0.4 is 10.7 Å². The monoisotopic (exact) mass is 314 g/mol. The van der Waals surface area contributed by atoms with Crippen LogP contribution in [0, 0.1) is 11.3 Å². The molecule has 0 saturated heterocycles.